The molecule has 2 aliphatic rings. The first kappa shape index (κ1) is 20.5. The number of carbonyl (C=O) groups excluding carboxylic acids is 1. The number of hydrogen-bond donors (Lipinski definition) is 2. The number of nitrogens with one attached hydrogen (secondary N) is 2. The maximum Gasteiger partial charge on any atom is 0.221 e. The highest BCUT2D eigenvalue weighted by atomic mass is 35.5. The molecule has 1 amide bonds. The Hall–Kier alpha value is -0.780. The molecule has 1 saturated carbocycles. The molecule has 2 fully saturated rings. The first-order valence-electron chi connectivity index (χ1n) is 9.02. The van der Waals surface area contributed by atoms with Crippen LogP contribution in [0.2, 0.25) is 0 Å². The molecule has 1 aromatic carbocycles. The van der Waals surface area contributed by atoms with Crippen LogP contribution in [-0.2, 0) is 10.2 Å². The van der Waals surface area contributed by atoms with Crippen LogP contribution in [0.25, 0.3) is 0 Å². The van der Waals surface area contributed by atoms with Crippen molar-refractivity contribution in [1.82, 2.24) is 10.6 Å². The lowest BCUT2D eigenvalue weighted by atomic mass is 9.69. The van der Waals surface area contributed by atoms with Crippen LogP contribution >= 0.6 is 24.2 Å². The minimum Gasteiger partial charge on any atom is -0.355 e. The van der Waals surface area contributed by atoms with Crippen molar-refractivity contribution in [3.8, 4) is 0 Å². The molecule has 1 saturated heterocycles. The summed E-state index contributed by atoms with van der Waals surface area (Å²) in [6.45, 7) is 1.60. The zero-order valence-electron chi connectivity index (χ0n) is 14.6. The number of thioether (sulfide) groups is 1. The first-order chi connectivity index (χ1) is 11.7. The van der Waals surface area contributed by atoms with Crippen LogP contribution < -0.4 is 10.6 Å². The highest BCUT2D eigenvalue weighted by Crippen LogP contribution is 2.39. The molecule has 0 aromatic heterocycles. The second-order valence-corrected chi connectivity index (χ2v) is 8.21. The van der Waals surface area contributed by atoms with E-state index >= 15 is 0 Å². The molecule has 1 aliphatic heterocycles. The molecule has 3 rings (SSSR count). The highest BCUT2D eigenvalue weighted by Gasteiger charge is 2.34. The maximum absolute atomic E-state index is 13.7. The van der Waals surface area contributed by atoms with E-state index in [1.54, 1.807) is 12.1 Å². The Morgan fingerprint density at radius 2 is 2.12 bits per heavy atom. The molecule has 1 atom stereocenters. The van der Waals surface area contributed by atoms with Gasteiger partial charge in [-0.2, -0.15) is 11.8 Å². The van der Waals surface area contributed by atoms with E-state index in [0.29, 0.717) is 13.0 Å². The molecule has 0 bridgehead atoms. The SMILES string of the molecule is Cl.O=C(CC1CSCCN1)NCC1(c2cccc(F)c2)CCCCC1. The van der Waals surface area contributed by atoms with Crippen LogP contribution in [-0.4, -0.2) is 36.5 Å². The number of benzene rings is 1. The number of rotatable bonds is 5. The molecule has 0 spiro atoms. The Bertz CT molecular complexity index is 560. The lowest BCUT2D eigenvalue weighted by molar-refractivity contribution is -0.121. The monoisotopic (exact) mass is 386 g/mol. The van der Waals surface area contributed by atoms with Gasteiger partial charge in [-0.15, -0.1) is 12.4 Å². The van der Waals surface area contributed by atoms with Gasteiger partial charge in [0, 0.05) is 42.5 Å². The number of carbonyl (C=O) groups is 1. The van der Waals surface area contributed by atoms with E-state index in [1.165, 1.54) is 12.5 Å². The molecule has 1 aromatic rings. The molecule has 6 heteroatoms. The van der Waals surface area contributed by atoms with Gasteiger partial charge in [-0.05, 0) is 30.5 Å². The summed E-state index contributed by atoms with van der Waals surface area (Å²) in [5.41, 5.74) is 0.930. The summed E-state index contributed by atoms with van der Waals surface area (Å²) in [5, 5.41) is 6.55. The largest absolute Gasteiger partial charge is 0.355 e. The van der Waals surface area contributed by atoms with Gasteiger partial charge in [0.25, 0.3) is 0 Å². The van der Waals surface area contributed by atoms with Gasteiger partial charge in [-0.25, -0.2) is 4.39 Å². The fourth-order valence-corrected chi connectivity index (χ4v) is 4.88. The Morgan fingerprint density at radius 1 is 1.32 bits per heavy atom. The summed E-state index contributed by atoms with van der Waals surface area (Å²) in [6, 6.07) is 7.22. The van der Waals surface area contributed by atoms with Gasteiger partial charge < -0.3 is 10.6 Å². The molecule has 2 N–H and O–H groups in total. The predicted molar refractivity (Wildman–Crippen MR) is 105 cm³/mol. The van der Waals surface area contributed by atoms with Crippen LogP contribution in [0.4, 0.5) is 4.39 Å². The predicted octanol–water partition coefficient (Wildman–Crippen LogP) is 3.66. The van der Waals surface area contributed by atoms with Crippen molar-refractivity contribution in [2.24, 2.45) is 0 Å². The van der Waals surface area contributed by atoms with E-state index in [9.17, 15) is 9.18 Å². The Labute approximate surface area is 160 Å². The van der Waals surface area contributed by atoms with Crippen LogP contribution in [0.5, 0.6) is 0 Å². The van der Waals surface area contributed by atoms with E-state index in [2.05, 4.69) is 10.6 Å². The van der Waals surface area contributed by atoms with Gasteiger partial charge in [0.15, 0.2) is 0 Å². The van der Waals surface area contributed by atoms with E-state index in [-0.39, 0.29) is 35.6 Å². The molecule has 140 valence electrons. The fraction of sp³-hybridized carbons (Fsp3) is 0.632. The molecule has 0 radical (unpaired) electrons. The van der Waals surface area contributed by atoms with Crippen molar-refractivity contribution < 1.29 is 9.18 Å². The summed E-state index contributed by atoms with van der Waals surface area (Å²) in [6.07, 6.45) is 6.10. The topological polar surface area (TPSA) is 41.1 Å². The molecule has 1 unspecified atom stereocenters. The van der Waals surface area contributed by atoms with Crippen molar-refractivity contribution in [2.75, 3.05) is 24.6 Å². The first-order valence-corrected chi connectivity index (χ1v) is 10.2. The van der Waals surface area contributed by atoms with Crippen molar-refractivity contribution in [3.05, 3.63) is 35.6 Å². The van der Waals surface area contributed by atoms with Crippen LogP contribution in [0.1, 0.15) is 44.1 Å². The van der Waals surface area contributed by atoms with Crippen LogP contribution in [0.3, 0.4) is 0 Å². The lowest BCUT2D eigenvalue weighted by Crippen LogP contribution is -2.45. The average Bonchev–Trinajstić information content (AvgIpc) is 2.62. The molecule has 25 heavy (non-hydrogen) atoms. The van der Waals surface area contributed by atoms with Crippen LogP contribution in [0.15, 0.2) is 24.3 Å². The second kappa shape index (κ2) is 9.79. The fourth-order valence-electron chi connectivity index (χ4n) is 3.93. The lowest BCUT2D eigenvalue weighted by Gasteiger charge is -2.38. The standard InChI is InChI=1S/C19H27FN2OS.ClH/c20-16-6-4-5-15(11-16)19(7-2-1-3-8-19)14-22-18(23)12-17-13-24-10-9-21-17;/h4-6,11,17,21H,1-3,7-10,12-14H2,(H,22,23);1H. The Balaban J connectivity index is 0.00000225. The van der Waals surface area contributed by atoms with Gasteiger partial charge in [0.2, 0.25) is 5.91 Å². The van der Waals surface area contributed by atoms with Gasteiger partial charge in [-0.1, -0.05) is 31.4 Å². The van der Waals surface area contributed by atoms with E-state index < -0.39 is 0 Å². The zero-order valence-corrected chi connectivity index (χ0v) is 16.2. The van der Waals surface area contributed by atoms with Gasteiger partial charge in [0.1, 0.15) is 5.82 Å². The molecule has 3 nitrogen and oxygen atoms in total. The van der Waals surface area contributed by atoms with Crippen molar-refractivity contribution in [3.63, 3.8) is 0 Å². The highest BCUT2D eigenvalue weighted by molar-refractivity contribution is 7.99. The normalized spacial score (nSPS) is 22.7. The van der Waals surface area contributed by atoms with Crippen LogP contribution in [0, 0.1) is 5.82 Å². The molecule has 1 heterocycles. The summed E-state index contributed by atoms with van der Waals surface area (Å²) in [7, 11) is 0. The summed E-state index contributed by atoms with van der Waals surface area (Å²) >= 11 is 1.90. The summed E-state index contributed by atoms with van der Waals surface area (Å²) in [5.74, 6) is 2.05. The average molecular weight is 387 g/mol. The summed E-state index contributed by atoms with van der Waals surface area (Å²) in [4.78, 5) is 12.4. The zero-order chi connectivity index (χ0) is 16.8. The number of halogens is 2. The third-order valence-electron chi connectivity index (χ3n) is 5.30. The third-order valence-corrected chi connectivity index (χ3v) is 6.43. The van der Waals surface area contributed by atoms with Gasteiger partial charge in [-0.3, -0.25) is 4.79 Å². The van der Waals surface area contributed by atoms with Gasteiger partial charge in [0.05, 0.1) is 0 Å². The molecule has 1 aliphatic carbocycles. The quantitative estimate of drug-likeness (QED) is 0.811. The van der Waals surface area contributed by atoms with E-state index in [1.807, 2.05) is 17.8 Å². The Morgan fingerprint density at radius 3 is 2.80 bits per heavy atom. The number of amides is 1. The van der Waals surface area contributed by atoms with Gasteiger partial charge >= 0.3 is 0 Å². The van der Waals surface area contributed by atoms with E-state index in [0.717, 1.165) is 49.3 Å². The second-order valence-electron chi connectivity index (χ2n) is 7.06. The van der Waals surface area contributed by atoms with E-state index in [4.69, 9.17) is 0 Å². The summed E-state index contributed by atoms with van der Waals surface area (Å²) < 4.78 is 13.7. The minimum atomic E-state index is -0.188. The molecular formula is C19H28ClFN2OS. The maximum atomic E-state index is 13.7. The Kier molecular flexibility index (Phi) is 8.04. The smallest absolute Gasteiger partial charge is 0.221 e. The van der Waals surface area contributed by atoms with Crippen molar-refractivity contribution in [1.29, 1.82) is 0 Å². The van der Waals surface area contributed by atoms with Crippen molar-refractivity contribution >= 4 is 30.1 Å². The minimum absolute atomic E-state index is 0. The molecular weight excluding hydrogens is 359 g/mol. The van der Waals surface area contributed by atoms with Crippen molar-refractivity contribution in [2.45, 2.75) is 50.0 Å². The number of hydrogen-bond acceptors (Lipinski definition) is 3. The third kappa shape index (κ3) is 5.60.